The van der Waals surface area contributed by atoms with Gasteiger partial charge in [-0.1, -0.05) is 6.92 Å². The fourth-order valence-corrected chi connectivity index (χ4v) is 3.83. The topological polar surface area (TPSA) is 63.2 Å². The molecular formula is C16H21N3O2S. The minimum atomic E-state index is -3.23. The zero-order chi connectivity index (χ0) is 15.7. The van der Waals surface area contributed by atoms with E-state index in [1.54, 1.807) is 24.5 Å². The number of rotatable bonds is 3. The van der Waals surface area contributed by atoms with E-state index in [4.69, 9.17) is 0 Å². The predicted molar refractivity (Wildman–Crippen MR) is 87.9 cm³/mol. The summed E-state index contributed by atoms with van der Waals surface area (Å²) in [6.07, 6.45) is 7.41. The molecule has 22 heavy (non-hydrogen) atoms. The Morgan fingerprint density at radius 1 is 1.27 bits per heavy atom. The van der Waals surface area contributed by atoms with Crippen molar-refractivity contribution in [1.82, 2.24) is 9.97 Å². The molecule has 1 fully saturated rings. The van der Waals surface area contributed by atoms with Crippen LogP contribution in [0.5, 0.6) is 0 Å². The van der Waals surface area contributed by atoms with Crippen molar-refractivity contribution in [2.45, 2.75) is 43.5 Å². The minimum absolute atomic E-state index is 0.320. The molecule has 1 aliphatic rings. The molecule has 1 unspecified atom stereocenters. The lowest BCUT2D eigenvalue weighted by atomic mass is 9.99. The van der Waals surface area contributed by atoms with Crippen molar-refractivity contribution in [2.24, 2.45) is 0 Å². The third-order valence-corrected chi connectivity index (χ3v) is 5.49. The Kier molecular flexibility index (Phi) is 4.04. The monoisotopic (exact) mass is 319 g/mol. The van der Waals surface area contributed by atoms with Crippen LogP contribution in [0.25, 0.3) is 10.9 Å². The predicted octanol–water partition coefficient (Wildman–Crippen LogP) is 2.80. The molecule has 0 amide bonds. The average Bonchev–Trinajstić information content (AvgIpc) is 2.53. The van der Waals surface area contributed by atoms with E-state index in [2.05, 4.69) is 21.8 Å². The Balaban J connectivity index is 2.16. The van der Waals surface area contributed by atoms with Crippen molar-refractivity contribution in [2.75, 3.05) is 17.7 Å². The number of benzene rings is 1. The van der Waals surface area contributed by atoms with Gasteiger partial charge in [0, 0.05) is 24.2 Å². The summed E-state index contributed by atoms with van der Waals surface area (Å²) in [5, 5.41) is 0.825. The van der Waals surface area contributed by atoms with Gasteiger partial charge >= 0.3 is 0 Å². The quantitative estimate of drug-likeness (QED) is 0.870. The van der Waals surface area contributed by atoms with Gasteiger partial charge in [-0.15, -0.1) is 0 Å². The summed E-state index contributed by atoms with van der Waals surface area (Å²) in [7, 11) is -3.23. The Morgan fingerprint density at radius 2 is 2.09 bits per heavy atom. The lowest BCUT2D eigenvalue weighted by Crippen LogP contribution is -2.39. The molecule has 0 bridgehead atoms. The van der Waals surface area contributed by atoms with Crippen LogP contribution in [0, 0.1) is 0 Å². The third kappa shape index (κ3) is 2.79. The maximum Gasteiger partial charge on any atom is 0.175 e. The summed E-state index contributed by atoms with van der Waals surface area (Å²) in [5.74, 6) is 0.863. The van der Waals surface area contributed by atoms with Crippen LogP contribution in [0.15, 0.2) is 29.4 Å². The number of sulfone groups is 1. The second kappa shape index (κ2) is 5.83. The number of fused-ring (bicyclic) bond motifs is 1. The molecule has 1 saturated heterocycles. The number of hydrogen-bond donors (Lipinski definition) is 0. The van der Waals surface area contributed by atoms with Crippen LogP contribution in [0.1, 0.15) is 32.6 Å². The second-order valence-corrected chi connectivity index (χ2v) is 7.92. The van der Waals surface area contributed by atoms with E-state index in [0.29, 0.717) is 10.9 Å². The molecule has 0 aliphatic carbocycles. The summed E-state index contributed by atoms with van der Waals surface area (Å²) in [4.78, 5) is 11.4. The maximum absolute atomic E-state index is 11.8. The van der Waals surface area contributed by atoms with Gasteiger partial charge in [-0.05, 0) is 43.9 Å². The molecule has 3 rings (SSSR count). The van der Waals surface area contributed by atoms with Crippen LogP contribution in [0.3, 0.4) is 0 Å². The fourth-order valence-electron chi connectivity index (χ4n) is 3.19. The SMILES string of the molecule is CCC1CCCCN1c1ncnc2ccc(S(C)(=O)=O)cc12. The first-order valence-corrected chi connectivity index (χ1v) is 9.61. The Labute approximate surface area is 131 Å². The van der Waals surface area contributed by atoms with E-state index in [1.165, 1.54) is 12.7 Å². The minimum Gasteiger partial charge on any atom is -0.353 e. The summed E-state index contributed by atoms with van der Waals surface area (Å²) >= 11 is 0. The normalized spacial score (nSPS) is 19.5. The Morgan fingerprint density at radius 3 is 2.82 bits per heavy atom. The zero-order valence-electron chi connectivity index (χ0n) is 13.0. The molecule has 6 heteroatoms. The van der Waals surface area contributed by atoms with Gasteiger partial charge in [0.25, 0.3) is 0 Å². The van der Waals surface area contributed by atoms with Gasteiger partial charge < -0.3 is 4.90 Å². The second-order valence-electron chi connectivity index (χ2n) is 5.90. The highest BCUT2D eigenvalue weighted by Gasteiger charge is 2.24. The molecule has 1 aromatic heterocycles. The smallest absolute Gasteiger partial charge is 0.175 e. The number of anilines is 1. The highest BCUT2D eigenvalue weighted by molar-refractivity contribution is 7.90. The number of hydrogen-bond acceptors (Lipinski definition) is 5. The van der Waals surface area contributed by atoms with Crippen molar-refractivity contribution in [1.29, 1.82) is 0 Å². The van der Waals surface area contributed by atoms with Crippen LogP contribution >= 0.6 is 0 Å². The Bertz CT molecular complexity index is 789. The van der Waals surface area contributed by atoms with E-state index < -0.39 is 9.84 Å². The highest BCUT2D eigenvalue weighted by atomic mass is 32.2. The van der Waals surface area contributed by atoms with E-state index >= 15 is 0 Å². The summed E-state index contributed by atoms with van der Waals surface area (Å²) in [6, 6.07) is 5.55. The van der Waals surface area contributed by atoms with Gasteiger partial charge in [-0.3, -0.25) is 0 Å². The van der Waals surface area contributed by atoms with Crippen LogP contribution in [-0.2, 0) is 9.84 Å². The molecule has 2 heterocycles. The van der Waals surface area contributed by atoms with Gasteiger partial charge in [0.1, 0.15) is 12.1 Å². The van der Waals surface area contributed by atoms with E-state index in [-0.39, 0.29) is 0 Å². The third-order valence-electron chi connectivity index (χ3n) is 4.38. The molecule has 1 atom stereocenters. The van der Waals surface area contributed by atoms with Crippen LogP contribution in [-0.4, -0.2) is 37.2 Å². The van der Waals surface area contributed by atoms with Crippen molar-refractivity contribution in [3.8, 4) is 0 Å². The van der Waals surface area contributed by atoms with Gasteiger partial charge in [0.15, 0.2) is 9.84 Å². The van der Waals surface area contributed by atoms with Gasteiger partial charge in [0.05, 0.1) is 10.4 Å². The van der Waals surface area contributed by atoms with Crippen molar-refractivity contribution >= 4 is 26.6 Å². The molecule has 1 aliphatic heterocycles. The van der Waals surface area contributed by atoms with Gasteiger partial charge in [-0.2, -0.15) is 0 Å². The summed E-state index contributed by atoms with van der Waals surface area (Å²) < 4.78 is 23.7. The Hall–Kier alpha value is -1.69. The standard InChI is InChI=1S/C16H21N3O2S/c1-3-12-6-4-5-9-19(12)16-14-10-13(22(2,20)21)7-8-15(14)17-11-18-16/h7-8,10-12H,3-6,9H2,1-2H3. The van der Waals surface area contributed by atoms with Crippen LogP contribution in [0.2, 0.25) is 0 Å². The molecular weight excluding hydrogens is 298 g/mol. The zero-order valence-corrected chi connectivity index (χ0v) is 13.8. The van der Waals surface area contributed by atoms with Crippen molar-refractivity contribution < 1.29 is 8.42 Å². The highest BCUT2D eigenvalue weighted by Crippen LogP contribution is 2.31. The number of nitrogens with zero attached hydrogens (tertiary/aromatic N) is 3. The van der Waals surface area contributed by atoms with Crippen LogP contribution < -0.4 is 4.90 Å². The molecule has 2 aromatic rings. The van der Waals surface area contributed by atoms with Gasteiger partial charge in [0.2, 0.25) is 0 Å². The van der Waals surface area contributed by atoms with E-state index in [9.17, 15) is 8.42 Å². The number of piperidine rings is 1. The molecule has 118 valence electrons. The molecule has 0 saturated carbocycles. The average molecular weight is 319 g/mol. The largest absolute Gasteiger partial charge is 0.353 e. The first-order valence-electron chi connectivity index (χ1n) is 7.72. The first-order chi connectivity index (χ1) is 10.5. The number of aromatic nitrogens is 2. The molecule has 0 radical (unpaired) electrons. The molecule has 1 aromatic carbocycles. The summed E-state index contributed by atoms with van der Waals surface area (Å²) in [5.41, 5.74) is 0.790. The molecule has 0 N–H and O–H groups in total. The van der Waals surface area contributed by atoms with Crippen molar-refractivity contribution in [3.05, 3.63) is 24.5 Å². The molecule has 5 nitrogen and oxygen atoms in total. The van der Waals surface area contributed by atoms with E-state index in [0.717, 1.165) is 42.5 Å². The first kappa shape index (κ1) is 15.2. The lowest BCUT2D eigenvalue weighted by molar-refractivity contribution is 0.447. The molecule has 0 spiro atoms. The van der Waals surface area contributed by atoms with E-state index in [1.807, 2.05) is 0 Å². The van der Waals surface area contributed by atoms with Crippen LogP contribution in [0.4, 0.5) is 5.82 Å². The lowest BCUT2D eigenvalue weighted by Gasteiger charge is -2.36. The van der Waals surface area contributed by atoms with Crippen molar-refractivity contribution in [3.63, 3.8) is 0 Å². The summed E-state index contributed by atoms with van der Waals surface area (Å²) in [6.45, 7) is 3.15. The van der Waals surface area contributed by atoms with Gasteiger partial charge in [-0.25, -0.2) is 18.4 Å². The maximum atomic E-state index is 11.8. The fraction of sp³-hybridized carbons (Fsp3) is 0.500.